The first-order chi connectivity index (χ1) is 17.0. The lowest BCUT2D eigenvalue weighted by Crippen LogP contribution is -2.74. The lowest BCUT2D eigenvalue weighted by Gasteiger charge is -2.52. The van der Waals surface area contributed by atoms with Crippen molar-refractivity contribution in [2.75, 3.05) is 14.1 Å². The van der Waals surface area contributed by atoms with Crippen molar-refractivity contribution >= 4 is 40.6 Å². The minimum absolute atomic E-state index is 0.00177. The summed E-state index contributed by atoms with van der Waals surface area (Å²) >= 11 is 6.51. The number of fused-ring (bicyclic) bond motifs is 3. The number of aromatic hydroxyl groups is 1. The Morgan fingerprint density at radius 3 is 2.27 bits per heavy atom. The number of ketones is 4. The Labute approximate surface area is 220 Å². The van der Waals surface area contributed by atoms with Gasteiger partial charge in [0.1, 0.15) is 5.75 Å². The van der Waals surface area contributed by atoms with E-state index in [0.717, 1.165) is 0 Å². The number of Topliss-reactive ketones (excluding diaryl/α,β-unsaturated/α-hetero) is 4. The molecule has 3 aliphatic carbocycles. The Bertz CT molecular complexity index is 1250. The maximum atomic E-state index is 13.9. The van der Waals surface area contributed by atoms with E-state index in [1.54, 1.807) is 27.1 Å². The van der Waals surface area contributed by atoms with E-state index in [1.165, 1.54) is 4.90 Å². The van der Waals surface area contributed by atoms with Crippen LogP contribution in [0.1, 0.15) is 66.5 Å². The van der Waals surface area contributed by atoms with E-state index in [2.05, 4.69) is 0 Å². The van der Waals surface area contributed by atoms with Crippen molar-refractivity contribution in [3.63, 3.8) is 0 Å². The van der Waals surface area contributed by atoms with Crippen LogP contribution in [0.2, 0.25) is 0 Å². The molecular formula is C27H33ClN2O7. The number of halogens is 1. The highest BCUT2D eigenvalue weighted by atomic mass is 35.5. The molecule has 1 aromatic carbocycles. The predicted octanol–water partition coefficient (Wildman–Crippen LogP) is 1.46. The average Bonchev–Trinajstić information content (AvgIpc) is 2.74. The molecule has 1 aromatic rings. The van der Waals surface area contributed by atoms with Gasteiger partial charge >= 0.3 is 0 Å². The molecule has 2 saturated carbocycles. The topological polar surface area (TPSA) is 155 Å². The van der Waals surface area contributed by atoms with Crippen molar-refractivity contribution in [1.29, 1.82) is 0 Å². The highest BCUT2D eigenvalue weighted by Gasteiger charge is 2.69. The quantitative estimate of drug-likeness (QED) is 0.390. The number of nitrogens with zero attached hydrogens (tertiary/aromatic N) is 1. The van der Waals surface area contributed by atoms with Gasteiger partial charge in [-0.15, -0.1) is 11.6 Å². The molecule has 4 N–H and O–H groups in total. The first-order valence-electron chi connectivity index (χ1n) is 12.3. The summed E-state index contributed by atoms with van der Waals surface area (Å²) in [5, 5.41) is 22.4. The van der Waals surface area contributed by atoms with E-state index in [0.29, 0.717) is 16.7 Å². The Hall–Kier alpha value is -2.62. The second kappa shape index (κ2) is 8.71. The Kier molecular flexibility index (Phi) is 6.46. The molecule has 0 heterocycles. The van der Waals surface area contributed by atoms with Crippen LogP contribution in [0.4, 0.5) is 0 Å². The maximum Gasteiger partial charge on any atom is 0.235 e. The lowest BCUT2D eigenvalue weighted by molar-refractivity contribution is -0.181. The van der Waals surface area contributed by atoms with E-state index in [1.807, 2.05) is 20.8 Å². The van der Waals surface area contributed by atoms with Gasteiger partial charge in [-0.2, -0.15) is 0 Å². The molecule has 0 radical (unpaired) electrons. The Morgan fingerprint density at radius 2 is 1.78 bits per heavy atom. The standard InChI is InChI=1S/C27H33ClN2O7/c1-10(28)12-9-15(26(2,3)4)20(31)17-13(12)7-11-8-14-19(30(5)6)22(33)18(25(29)36)24(35)27(14,37)23(34)16(11)21(17)32/h9-11,14,16,18-19,31,37H,7-8H2,1-6H3,(H2,29,36)/t10?,11-,14-,16?,18?,19-,27-/m0/s1. The number of hydrogen-bond acceptors (Lipinski definition) is 8. The summed E-state index contributed by atoms with van der Waals surface area (Å²) in [6, 6.07) is 0.651. The molecule has 3 unspecified atom stereocenters. The minimum atomic E-state index is -2.74. The van der Waals surface area contributed by atoms with Crippen LogP contribution in [0, 0.1) is 23.7 Å². The largest absolute Gasteiger partial charge is 0.507 e. The lowest BCUT2D eigenvalue weighted by atomic mass is 9.52. The third-order valence-corrected chi connectivity index (χ3v) is 8.57. The van der Waals surface area contributed by atoms with Crippen molar-refractivity contribution in [1.82, 2.24) is 4.90 Å². The van der Waals surface area contributed by atoms with Gasteiger partial charge in [0.05, 0.1) is 22.9 Å². The monoisotopic (exact) mass is 532 g/mol. The number of nitrogens with two attached hydrogens (primary N) is 1. The molecule has 0 saturated heterocycles. The first-order valence-corrected chi connectivity index (χ1v) is 12.8. The van der Waals surface area contributed by atoms with Crippen molar-refractivity contribution < 1.29 is 34.2 Å². The van der Waals surface area contributed by atoms with Gasteiger partial charge < -0.3 is 15.9 Å². The van der Waals surface area contributed by atoms with Gasteiger partial charge in [0, 0.05) is 11.5 Å². The number of phenols is 1. The fourth-order valence-electron chi connectivity index (χ4n) is 6.63. The van der Waals surface area contributed by atoms with Gasteiger partial charge in [0.15, 0.2) is 34.7 Å². The van der Waals surface area contributed by atoms with Gasteiger partial charge in [0.25, 0.3) is 0 Å². The normalized spacial score (nSPS) is 32.6. The van der Waals surface area contributed by atoms with Crippen molar-refractivity contribution in [3.05, 3.63) is 28.3 Å². The van der Waals surface area contributed by atoms with Crippen LogP contribution in [0.15, 0.2) is 6.07 Å². The van der Waals surface area contributed by atoms with E-state index < -0.39 is 75.1 Å². The third-order valence-electron chi connectivity index (χ3n) is 8.33. The van der Waals surface area contributed by atoms with E-state index >= 15 is 0 Å². The van der Waals surface area contributed by atoms with Crippen LogP contribution >= 0.6 is 11.6 Å². The predicted molar refractivity (Wildman–Crippen MR) is 134 cm³/mol. The van der Waals surface area contributed by atoms with Crippen molar-refractivity contribution in [2.45, 2.75) is 63.0 Å². The van der Waals surface area contributed by atoms with Gasteiger partial charge in [-0.05, 0) is 62.4 Å². The molecule has 3 aliphatic rings. The number of carbonyl (C=O) groups excluding carboxylic acids is 5. The highest BCUT2D eigenvalue weighted by molar-refractivity contribution is 6.32. The van der Waals surface area contributed by atoms with Gasteiger partial charge in [-0.1, -0.05) is 20.8 Å². The SMILES string of the molecule is CC(Cl)c1cc(C(C)(C)C)c(O)c2c1C[C@H]1C[C@H]3[C@H](N(C)C)C(=O)C(C(N)=O)C(=O)[C@@]3(O)C(=O)C1C2=O. The molecule has 200 valence electrons. The number of likely N-dealkylation sites (N-methyl/N-ethyl adjacent to an activating group) is 1. The second-order valence-electron chi connectivity index (χ2n) is 11.9. The van der Waals surface area contributed by atoms with E-state index in [4.69, 9.17) is 17.3 Å². The fourth-order valence-corrected chi connectivity index (χ4v) is 6.82. The van der Waals surface area contributed by atoms with Gasteiger partial charge in [-0.3, -0.25) is 28.9 Å². The zero-order valence-electron chi connectivity index (χ0n) is 21.8. The summed E-state index contributed by atoms with van der Waals surface area (Å²) in [5.41, 5.74) is 3.71. The number of aliphatic hydroxyl groups is 1. The van der Waals surface area contributed by atoms with Crippen molar-refractivity contribution in [3.8, 4) is 5.75 Å². The smallest absolute Gasteiger partial charge is 0.235 e. The molecule has 4 rings (SSSR count). The number of rotatable bonds is 3. The number of hydrogen-bond donors (Lipinski definition) is 3. The summed E-state index contributed by atoms with van der Waals surface area (Å²) in [7, 11) is 3.10. The zero-order chi connectivity index (χ0) is 27.9. The summed E-state index contributed by atoms with van der Waals surface area (Å²) < 4.78 is 0. The second-order valence-corrected chi connectivity index (χ2v) is 12.5. The fraction of sp³-hybridized carbons (Fsp3) is 0.593. The van der Waals surface area contributed by atoms with Crippen molar-refractivity contribution in [2.24, 2.45) is 29.4 Å². The molecule has 2 fully saturated rings. The number of phenolic OH excluding ortho intramolecular Hbond substituents is 1. The molecule has 0 aliphatic heterocycles. The average molecular weight is 533 g/mol. The summed E-state index contributed by atoms with van der Waals surface area (Å²) in [6.45, 7) is 7.37. The molecular weight excluding hydrogens is 500 g/mol. The van der Waals surface area contributed by atoms with Crippen LogP contribution in [0.3, 0.4) is 0 Å². The molecule has 9 nitrogen and oxygen atoms in total. The molecule has 10 heteroatoms. The number of carbonyl (C=O) groups is 5. The number of amides is 1. The molecule has 0 aromatic heterocycles. The number of benzene rings is 1. The van der Waals surface area contributed by atoms with Crippen LogP contribution in [0.5, 0.6) is 5.75 Å². The minimum Gasteiger partial charge on any atom is -0.507 e. The molecule has 7 atom stereocenters. The Balaban J connectivity index is 1.93. The van der Waals surface area contributed by atoms with Crippen LogP contribution < -0.4 is 5.73 Å². The number of primary amides is 1. The zero-order valence-corrected chi connectivity index (χ0v) is 22.5. The Morgan fingerprint density at radius 1 is 1.19 bits per heavy atom. The molecule has 1 amide bonds. The van der Waals surface area contributed by atoms with Gasteiger partial charge in [-0.25, -0.2) is 0 Å². The first kappa shape index (κ1) is 27.4. The van der Waals surface area contributed by atoms with Crippen LogP contribution in [-0.4, -0.2) is 69.9 Å². The summed E-state index contributed by atoms with van der Waals surface area (Å²) in [5.74, 6) is -10.5. The van der Waals surface area contributed by atoms with Gasteiger partial charge in [0.2, 0.25) is 5.91 Å². The maximum absolute atomic E-state index is 13.9. The molecule has 37 heavy (non-hydrogen) atoms. The number of alkyl halides is 1. The third kappa shape index (κ3) is 3.77. The van der Waals surface area contributed by atoms with E-state index in [-0.39, 0.29) is 24.2 Å². The summed E-state index contributed by atoms with van der Waals surface area (Å²) in [6.07, 6.45) is 0.192. The highest BCUT2D eigenvalue weighted by Crippen LogP contribution is 2.52. The molecule has 0 spiro atoms. The van der Waals surface area contributed by atoms with E-state index in [9.17, 15) is 34.2 Å². The molecule has 0 bridgehead atoms. The summed E-state index contributed by atoms with van der Waals surface area (Å²) in [4.78, 5) is 67.9. The van der Waals surface area contributed by atoms with Crippen LogP contribution in [0.25, 0.3) is 0 Å². The van der Waals surface area contributed by atoms with Crippen LogP contribution in [-0.2, 0) is 31.0 Å².